The number of aromatic carboxylic acids is 1. The van der Waals surface area contributed by atoms with Crippen molar-refractivity contribution in [1.82, 2.24) is 19.8 Å². The van der Waals surface area contributed by atoms with Crippen molar-refractivity contribution in [2.24, 2.45) is 23.7 Å². The Kier molecular flexibility index (Phi) is 20.9. The highest BCUT2D eigenvalue weighted by Gasteiger charge is 2.60. The van der Waals surface area contributed by atoms with Crippen molar-refractivity contribution in [2.45, 2.75) is 199 Å². The summed E-state index contributed by atoms with van der Waals surface area (Å²) in [6, 6.07) is 0.684. The van der Waals surface area contributed by atoms with Gasteiger partial charge < -0.3 is 77.7 Å². The van der Waals surface area contributed by atoms with Gasteiger partial charge in [-0.15, -0.1) is 0 Å². The van der Waals surface area contributed by atoms with E-state index in [1.54, 1.807) is 48.7 Å². The maximum Gasteiger partial charge on any atom is 0.509 e. The number of aliphatic hydroxyl groups excluding tert-OH is 1. The van der Waals surface area contributed by atoms with E-state index in [9.17, 15) is 34.2 Å². The predicted octanol–water partition coefficient (Wildman–Crippen LogP) is 5.31. The van der Waals surface area contributed by atoms with Crippen molar-refractivity contribution in [3.8, 4) is 0 Å². The van der Waals surface area contributed by atoms with Crippen molar-refractivity contribution in [3.63, 3.8) is 0 Å². The van der Waals surface area contributed by atoms with Crippen LogP contribution in [0.2, 0.25) is 0 Å². The zero-order valence-corrected chi connectivity index (χ0v) is 48.1. The second-order valence-electron chi connectivity index (χ2n) is 22.6. The first-order valence-electron chi connectivity index (χ1n) is 27.4. The van der Waals surface area contributed by atoms with Gasteiger partial charge in [0.25, 0.3) is 0 Å². The first kappa shape index (κ1) is 62.8. The Morgan fingerprint density at radius 1 is 0.923 bits per heavy atom. The van der Waals surface area contributed by atoms with Gasteiger partial charge >= 0.3 is 18.1 Å². The van der Waals surface area contributed by atoms with Crippen molar-refractivity contribution >= 4 is 40.7 Å². The molecule has 2 aromatic rings. The molecule has 0 radical (unpaired) electrons. The molecule has 0 bridgehead atoms. The van der Waals surface area contributed by atoms with Gasteiger partial charge in [-0.05, 0) is 101 Å². The molecule has 0 saturated carbocycles. The number of cyclic esters (lactones) is 1. The van der Waals surface area contributed by atoms with Crippen molar-refractivity contribution in [2.75, 3.05) is 59.9 Å². The molecular weight excluding hydrogens is 1020 g/mol. The number of fused-ring (bicyclic) bond motifs is 2. The number of rotatable bonds is 19. The second kappa shape index (κ2) is 26.0. The number of aliphatic hydroxyl groups is 1. The van der Waals surface area contributed by atoms with Gasteiger partial charge in [-0.3, -0.25) is 14.4 Å². The number of anilines is 1. The van der Waals surface area contributed by atoms with E-state index < -0.39 is 131 Å². The van der Waals surface area contributed by atoms with Crippen LogP contribution in [-0.2, 0) is 63.5 Å². The van der Waals surface area contributed by atoms with Crippen LogP contribution < -0.4 is 16.1 Å². The topological polar surface area (TPSA) is 263 Å². The minimum absolute atomic E-state index is 0.0675. The number of esters is 1. The molecule has 4 N–H and O–H groups in total. The van der Waals surface area contributed by atoms with Crippen molar-refractivity contribution in [3.05, 3.63) is 33.9 Å². The summed E-state index contributed by atoms with van der Waals surface area (Å²) in [5.74, 6) is -6.52. The van der Waals surface area contributed by atoms with Gasteiger partial charge in [0.1, 0.15) is 35.3 Å². The summed E-state index contributed by atoms with van der Waals surface area (Å²) >= 11 is 0. The monoisotopic (exact) mass is 1110 g/mol. The molecule has 0 spiro atoms. The van der Waals surface area contributed by atoms with E-state index >= 15 is 4.39 Å². The van der Waals surface area contributed by atoms with Gasteiger partial charge in [-0.1, -0.05) is 27.7 Å². The smallest absolute Gasteiger partial charge is 0.477 e. The SMILES string of the molecule is CC[C@@H]1OC(=O)[C@H](C)[C@H](O[C@@H]2C[C@](C)(OC)[C@H](OCCCNCCNc3nc4c(cc3F)c(=O)c(C(=O)O)cn4CC)[C@H](C)O2)[C@@H](C)[C@H](O[C@H]2O[C@@H](C)C[C@@H](N(C)C)[C@H]2O)[C@](C)(OC)C[C@H](C)C(=O)[C@H](C)[C@H]2OC(=O)O[C@@]12C. The number of carboxylic acid groups (broad SMARTS) is 1. The fourth-order valence-electron chi connectivity index (χ4n) is 12.1. The minimum Gasteiger partial charge on any atom is -0.477 e. The van der Waals surface area contributed by atoms with Crippen LogP contribution in [0.1, 0.15) is 119 Å². The highest BCUT2D eigenvalue weighted by atomic mass is 19.1. The van der Waals surface area contributed by atoms with Crippen LogP contribution in [0.15, 0.2) is 17.1 Å². The molecule has 78 heavy (non-hydrogen) atoms. The number of likely N-dealkylation sites (N-methyl/N-ethyl adjacent to an activating group) is 1. The van der Waals surface area contributed by atoms with Crippen LogP contribution in [0.4, 0.5) is 15.0 Å². The number of ketones is 1. The number of nitrogens with zero attached hydrogens (tertiary/aromatic N) is 3. The summed E-state index contributed by atoms with van der Waals surface area (Å²) < 4.78 is 80.5. The van der Waals surface area contributed by atoms with Gasteiger partial charge in [0.15, 0.2) is 35.9 Å². The maximum absolute atomic E-state index is 15.1. The summed E-state index contributed by atoms with van der Waals surface area (Å²) in [7, 11) is 6.86. The number of carbonyl (C=O) groups is 4. The number of pyridine rings is 2. The molecule has 2 aromatic heterocycles. The molecule has 18 atom stereocenters. The van der Waals surface area contributed by atoms with Crippen LogP contribution in [0.5, 0.6) is 0 Å². The van der Waals surface area contributed by atoms with E-state index in [-0.39, 0.29) is 60.6 Å². The average Bonchev–Trinajstić information content (AvgIpc) is 3.78. The van der Waals surface area contributed by atoms with Crippen LogP contribution >= 0.6 is 0 Å². The molecule has 4 aliphatic heterocycles. The lowest BCUT2D eigenvalue weighted by atomic mass is 9.74. The van der Waals surface area contributed by atoms with E-state index in [1.165, 1.54) is 17.9 Å². The number of hydrogen-bond acceptors (Lipinski definition) is 20. The maximum atomic E-state index is 15.1. The Labute approximate surface area is 456 Å². The van der Waals surface area contributed by atoms with Crippen LogP contribution in [0.25, 0.3) is 11.0 Å². The molecule has 0 aliphatic carbocycles. The normalized spacial score (nSPS) is 37.1. The fourth-order valence-corrected chi connectivity index (χ4v) is 12.1. The van der Waals surface area contributed by atoms with E-state index in [4.69, 9.17) is 47.4 Å². The number of aromatic nitrogens is 2. The fraction of sp³-hybridized carbons (Fsp3) is 0.782. The van der Waals surface area contributed by atoms with Gasteiger partial charge in [0.05, 0.1) is 52.8 Å². The molecule has 4 fully saturated rings. The minimum atomic E-state index is -1.52. The van der Waals surface area contributed by atoms with Gasteiger partial charge in [0.2, 0.25) is 5.43 Å². The number of carboxylic acids is 1. The lowest BCUT2D eigenvalue weighted by Gasteiger charge is -2.50. The summed E-state index contributed by atoms with van der Waals surface area (Å²) in [5, 5.41) is 27.4. The number of ether oxygens (including phenoxy) is 10. The molecule has 6 rings (SSSR count). The zero-order valence-electron chi connectivity index (χ0n) is 48.1. The number of hydrogen-bond donors (Lipinski definition) is 4. The van der Waals surface area contributed by atoms with E-state index in [0.29, 0.717) is 39.1 Å². The quantitative estimate of drug-likeness (QED) is 0.103. The third-order valence-electron chi connectivity index (χ3n) is 16.7. The lowest BCUT2D eigenvalue weighted by Crippen LogP contribution is -2.61. The number of halogens is 1. The summed E-state index contributed by atoms with van der Waals surface area (Å²) in [5.41, 5.74) is -4.87. The number of carbonyl (C=O) groups excluding carboxylic acids is 3. The molecule has 4 aliphatic rings. The Bertz CT molecular complexity index is 2490. The zero-order chi connectivity index (χ0) is 57.8. The highest BCUT2D eigenvalue weighted by molar-refractivity contribution is 5.92. The first-order chi connectivity index (χ1) is 36.7. The van der Waals surface area contributed by atoms with E-state index in [2.05, 4.69) is 15.6 Å². The highest BCUT2D eigenvalue weighted by Crippen LogP contribution is 2.44. The molecule has 22 nitrogen and oxygen atoms in total. The molecule has 4 saturated heterocycles. The van der Waals surface area contributed by atoms with Crippen LogP contribution in [0, 0.1) is 29.5 Å². The van der Waals surface area contributed by atoms with Gasteiger partial charge in [-0.2, -0.15) is 0 Å². The van der Waals surface area contributed by atoms with E-state index in [1.807, 2.05) is 53.6 Å². The standard InChI is InChI=1S/C55H86FN5O17/c1-16-38-55(11)45(77-52(68)78-55)30(5)40(62)28(3)25-53(9,69-14)44(76-51-42(64)37(60(12)13)23-29(4)72-51)31(6)43(32(7)50(67)74-38)75-39-26-54(10,70-15)46(33(8)73-39)71-22-18-19-57-20-21-58-47-36(56)24-34-41(63)35(49(65)66)27-61(17-2)48(34)59-47/h24,27-33,37-39,42-46,51,57,64H,16-23,25-26H2,1-15H3,(H,58,59)(H,65,66)/t28-,29-,30-,31+,32+,33-,37+,38-,39+,42+,43+,44-,45+,46+,51+,53+,54-,55-/m0/s1. The van der Waals surface area contributed by atoms with Crippen molar-refractivity contribution in [1.29, 1.82) is 0 Å². The molecule has 0 unspecified atom stereocenters. The summed E-state index contributed by atoms with van der Waals surface area (Å²) in [6.45, 7) is 21.6. The molecule has 440 valence electrons. The second-order valence-corrected chi connectivity index (χ2v) is 22.6. The average molecular weight is 1110 g/mol. The predicted molar refractivity (Wildman–Crippen MR) is 282 cm³/mol. The number of Topliss-reactive ketones (excluding diaryl/α,β-unsaturated/α-hetero) is 1. The number of nitrogens with one attached hydrogen (secondary N) is 2. The molecule has 23 heteroatoms. The molecule has 6 heterocycles. The number of aryl methyl sites for hydroxylation is 1. The lowest BCUT2D eigenvalue weighted by molar-refractivity contribution is -0.322. The Hall–Kier alpha value is -4.43. The Morgan fingerprint density at radius 3 is 2.23 bits per heavy atom. The van der Waals surface area contributed by atoms with E-state index in [0.717, 1.165) is 6.07 Å². The third kappa shape index (κ3) is 13.3. The molecular formula is C55H86FN5O17. The largest absolute Gasteiger partial charge is 0.509 e. The van der Waals surface area contributed by atoms with Gasteiger partial charge in [0, 0.05) is 71.0 Å². The molecule has 0 amide bonds. The first-order valence-corrected chi connectivity index (χ1v) is 27.4. The van der Waals surface area contributed by atoms with Crippen molar-refractivity contribution < 1.29 is 81.2 Å². The Morgan fingerprint density at radius 2 is 1.60 bits per heavy atom. The van der Waals surface area contributed by atoms with Crippen LogP contribution in [-0.4, -0.2) is 187 Å². The Balaban J connectivity index is 1.19. The molecule has 0 aromatic carbocycles. The van der Waals surface area contributed by atoms with Gasteiger partial charge in [-0.25, -0.2) is 19.0 Å². The third-order valence-corrected chi connectivity index (χ3v) is 16.7. The summed E-state index contributed by atoms with van der Waals surface area (Å²) in [6.07, 6.45) is -7.01. The number of methoxy groups -OCH3 is 2. The summed E-state index contributed by atoms with van der Waals surface area (Å²) in [4.78, 5) is 72.8. The van der Waals surface area contributed by atoms with Crippen LogP contribution in [0.3, 0.4) is 0 Å².